The lowest BCUT2D eigenvalue weighted by Gasteiger charge is -2.20. The fourth-order valence-electron chi connectivity index (χ4n) is 1.84. The summed E-state index contributed by atoms with van der Waals surface area (Å²) in [5.41, 5.74) is 1.07. The van der Waals surface area contributed by atoms with Gasteiger partial charge in [0.15, 0.2) is 5.78 Å². The van der Waals surface area contributed by atoms with Crippen molar-refractivity contribution in [3.63, 3.8) is 0 Å². The minimum atomic E-state index is -0.123. The lowest BCUT2D eigenvalue weighted by atomic mass is 10.2. The highest BCUT2D eigenvalue weighted by Gasteiger charge is 2.28. The average Bonchev–Trinajstić information content (AvgIpc) is 2.93. The molecular weight excluding hydrogens is 394 g/mol. The molecule has 7 heteroatoms. The molecule has 0 aromatic heterocycles. The van der Waals surface area contributed by atoms with Crippen LogP contribution < -0.4 is 4.90 Å². The zero-order valence-corrected chi connectivity index (χ0v) is 15.2. The molecule has 1 saturated heterocycles. The van der Waals surface area contributed by atoms with E-state index in [-0.39, 0.29) is 5.78 Å². The van der Waals surface area contributed by atoms with Crippen LogP contribution in [0, 0.1) is 0 Å². The van der Waals surface area contributed by atoms with Crippen LogP contribution in [0.1, 0.15) is 6.92 Å². The van der Waals surface area contributed by atoms with Gasteiger partial charge in [0.05, 0.1) is 4.24 Å². The van der Waals surface area contributed by atoms with Gasteiger partial charge in [0.25, 0.3) is 0 Å². The van der Waals surface area contributed by atoms with Crippen molar-refractivity contribution in [2.45, 2.75) is 12.2 Å². The number of benzene rings is 1. The van der Waals surface area contributed by atoms with Crippen LogP contribution in [0.2, 0.25) is 5.02 Å². The molecule has 112 valence electrons. The Hall–Kier alpha value is -0.430. The number of rotatable bonds is 5. The van der Waals surface area contributed by atoms with Gasteiger partial charge in [0, 0.05) is 34.0 Å². The Morgan fingerprint density at radius 1 is 1.48 bits per heavy atom. The molecule has 1 aromatic rings. The summed E-state index contributed by atoms with van der Waals surface area (Å²) in [6.07, 6.45) is 0.676. The number of amides is 1. The van der Waals surface area contributed by atoms with Gasteiger partial charge in [-0.1, -0.05) is 27.5 Å². The number of Topliss-reactive ketones (excluding diaryl/α,β-unsaturated/α-hetero) is 1. The van der Waals surface area contributed by atoms with Crippen LogP contribution in [0.4, 0.5) is 5.69 Å². The Morgan fingerprint density at radius 2 is 2.14 bits per heavy atom. The molecule has 0 bridgehead atoms. The SMILES string of the molecule is CC(=O)/C(=C1/SCC(CBr)S1)N(C=O)c1ccc(Cl)cc1. The van der Waals surface area contributed by atoms with Gasteiger partial charge in [-0.25, -0.2) is 0 Å². The Balaban J connectivity index is 2.40. The zero-order chi connectivity index (χ0) is 15.4. The monoisotopic (exact) mass is 405 g/mol. The molecule has 1 atom stereocenters. The lowest BCUT2D eigenvalue weighted by Crippen LogP contribution is -2.25. The number of hydrogen-bond donors (Lipinski definition) is 0. The number of carbonyl (C=O) groups is 2. The van der Waals surface area contributed by atoms with Crippen molar-refractivity contribution in [2.24, 2.45) is 0 Å². The second-order valence-corrected chi connectivity index (χ2v) is 8.03. The molecule has 0 saturated carbocycles. The Kier molecular flexibility index (Phi) is 6.22. The van der Waals surface area contributed by atoms with Gasteiger partial charge >= 0.3 is 0 Å². The molecule has 1 aliphatic rings. The van der Waals surface area contributed by atoms with Crippen molar-refractivity contribution in [1.29, 1.82) is 0 Å². The molecule has 1 aromatic carbocycles. The number of halogens is 2. The molecule has 2 rings (SSSR count). The van der Waals surface area contributed by atoms with Crippen LogP contribution in [-0.4, -0.2) is 28.5 Å². The second kappa shape index (κ2) is 7.72. The summed E-state index contributed by atoms with van der Waals surface area (Å²) in [6.45, 7) is 1.48. The first kappa shape index (κ1) is 16.9. The van der Waals surface area contributed by atoms with Gasteiger partial charge in [0.2, 0.25) is 6.41 Å². The van der Waals surface area contributed by atoms with E-state index in [9.17, 15) is 9.59 Å². The molecule has 1 fully saturated rings. The molecule has 3 nitrogen and oxygen atoms in total. The van der Waals surface area contributed by atoms with E-state index in [0.29, 0.717) is 28.1 Å². The van der Waals surface area contributed by atoms with E-state index < -0.39 is 0 Å². The maximum Gasteiger partial charge on any atom is 0.218 e. The van der Waals surface area contributed by atoms with Gasteiger partial charge < -0.3 is 0 Å². The van der Waals surface area contributed by atoms with Crippen molar-refractivity contribution in [1.82, 2.24) is 0 Å². The predicted octanol–water partition coefficient (Wildman–Crippen LogP) is 4.30. The van der Waals surface area contributed by atoms with Crippen molar-refractivity contribution in [3.05, 3.63) is 39.2 Å². The molecule has 0 aliphatic carbocycles. The highest BCUT2D eigenvalue weighted by Crippen LogP contribution is 2.45. The smallest absolute Gasteiger partial charge is 0.218 e. The maximum atomic E-state index is 12.0. The van der Waals surface area contributed by atoms with Gasteiger partial charge in [-0.3, -0.25) is 14.5 Å². The first-order chi connectivity index (χ1) is 10.1. The summed E-state index contributed by atoms with van der Waals surface area (Å²) in [6, 6.07) is 6.86. The normalized spacial score (nSPS) is 20.2. The van der Waals surface area contributed by atoms with Gasteiger partial charge in [-0.2, -0.15) is 0 Å². The van der Waals surface area contributed by atoms with Crippen molar-refractivity contribution < 1.29 is 9.59 Å². The molecule has 1 unspecified atom stereocenters. The van der Waals surface area contributed by atoms with Crippen LogP contribution in [0.25, 0.3) is 0 Å². The van der Waals surface area contributed by atoms with Crippen LogP contribution >= 0.6 is 51.1 Å². The maximum absolute atomic E-state index is 12.0. The third kappa shape index (κ3) is 4.06. The van der Waals surface area contributed by atoms with E-state index in [4.69, 9.17) is 11.6 Å². The molecule has 1 amide bonds. The highest BCUT2D eigenvalue weighted by atomic mass is 79.9. The Morgan fingerprint density at radius 3 is 2.62 bits per heavy atom. The second-order valence-electron chi connectivity index (χ2n) is 4.35. The van der Waals surface area contributed by atoms with E-state index in [1.807, 2.05) is 0 Å². The number of allylic oxidation sites excluding steroid dienone is 1. The van der Waals surface area contributed by atoms with Gasteiger partial charge in [0.1, 0.15) is 5.70 Å². The first-order valence-electron chi connectivity index (χ1n) is 6.17. The molecule has 0 spiro atoms. The summed E-state index contributed by atoms with van der Waals surface area (Å²) in [4.78, 5) is 25.0. The third-order valence-corrected chi connectivity index (χ3v) is 7.24. The number of nitrogens with zero attached hydrogens (tertiary/aromatic N) is 1. The van der Waals surface area contributed by atoms with Crippen molar-refractivity contribution in [2.75, 3.05) is 16.0 Å². The topological polar surface area (TPSA) is 37.4 Å². The van der Waals surface area contributed by atoms with Crippen LogP contribution in [0.3, 0.4) is 0 Å². The van der Waals surface area contributed by atoms with Crippen molar-refractivity contribution >= 4 is 68.9 Å². The summed E-state index contributed by atoms with van der Waals surface area (Å²) >= 11 is 12.6. The number of hydrogen-bond acceptors (Lipinski definition) is 4. The van der Waals surface area contributed by atoms with E-state index in [0.717, 1.165) is 15.3 Å². The number of ketones is 1. The number of anilines is 1. The van der Waals surface area contributed by atoms with Crippen LogP contribution in [0.15, 0.2) is 34.2 Å². The van der Waals surface area contributed by atoms with Crippen LogP contribution in [-0.2, 0) is 9.59 Å². The van der Waals surface area contributed by atoms with Gasteiger partial charge in [-0.05, 0) is 24.3 Å². The number of carbonyl (C=O) groups excluding carboxylic acids is 2. The first-order valence-corrected chi connectivity index (χ1v) is 9.54. The molecule has 1 heterocycles. The molecule has 1 aliphatic heterocycles. The quantitative estimate of drug-likeness (QED) is 0.415. The fraction of sp³-hybridized carbons (Fsp3) is 0.286. The number of thioether (sulfide) groups is 2. The third-order valence-electron chi connectivity index (χ3n) is 2.82. The fourth-order valence-corrected chi connectivity index (χ4v) is 5.81. The highest BCUT2D eigenvalue weighted by molar-refractivity contribution is 9.09. The largest absolute Gasteiger partial charge is 0.293 e. The van der Waals surface area contributed by atoms with E-state index in [2.05, 4.69) is 15.9 Å². The van der Waals surface area contributed by atoms with E-state index in [1.54, 1.807) is 47.8 Å². The summed E-state index contributed by atoms with van der Waals surface area (Å²) in [7, 11) is 0. The molecule has 0 radical (unpaired) electrons. The summed E-state index contributed by atoms with van der Waals surface area (Å²) < 4.78 is 0.897. The lowest BCUT2D eigenvalue weighted by molar-refractivity contribution is -0.115. The van der Waals surface area contributed by atoms with E-state index in [1.165, 1.54) is 11.8 Å². The van der Waals surface area contributed by atoms with Crippen molar-refractivity contribution in [3.8, 4) is 0 Å². The van der Waals surface area contributed by atoms with Crippen LogP contribution in [0.5, 0.6) is 0 Å². The zero-order valence-electron chi connectivity index (χ0n) is 11.2. The van der Waals surface area contributed by atoms with E-state index >= 15 is 0 Å². The summed E-state index contributed by atoms with van der Waals surface area (Å²) in [5, 5.41) is 1.87. The average molecular weight is 407 g/mol. The Labute approximate surface area is 145 Å². The Bertz CT molecular complexity index is 577. The standard InChI is InChI=1S/C14H13BrClNO2S2/c1-9(19)13(14-20-7-12(6-15)21-14)17(8-18)11-4-2-10(16)3-5-11/h2-5,8,12H,6-7H2,1H3/b14-13+. The summed E-state index contributed by atoms with van der Waals surface area (Å²) in [5.74, 6) is 0.803. The molecular formula is C14H13BrClNO2S2. The number of alkyl halides is 1. The minimum absolute atomic E-state index is 0.123. The minimum Gasteiger partial charge on any atom is -0.293 e. The predicted molar refractivity (Wildman–Crippen MR) is 95.3 cm³/mol. The van der Waals surface area contributed by atoms with Gasteiger partial charge in [-0.15, -0.1) is 23.5 Å². The molecule has 21 heavy (non-hydrogen) atoms. The molecule has 0 N–H and O–H groups in total.